The zero-order chi connectivity index (χ0) is 22.5. The molecule has 0 bridgehead atoms. The molecule has 4 nitrogen and oxygen atoms in total. The van der Waals surface area contributed by atoms with Crippen molar-refractivity contribution in [3.63, 3.8) is 0 Å². The van der Waals surface area contributed by atoms with E-state index in [1.165, 1.54) is 62.5 Å². The normalized spacial score (nSPS) is 20.0. The second-order valence-electron chi connectivity index (χ2n) is 10.3. The van der Waals surface area contributed by atoms with Crippen molar-refractivity contribution in [2.24, 2.45) is 4.74 Å². The van der Waals surface area contributed by atoms with Crippen LogP contribution in [0.1, 0.15) is 83.3 Å². The third-order valence-corrected chi connectivity index (χ3v) is 11.7. The molecule has 2 heterocycles. The fraction of sp³-hybridized carbons (Fsp3) is 0.720. The number of hydrogen-bond acceptors (Lipinski definition) is 1. The Labute approximate surface area is 196 Å². The average Bonchev–Trinajstić information content (AvgIpc) is 3.13. The molecule has 0 unspecified atom stereocenters. The highest BCUT2D eigenvalue weighted by molar-refractivity contribution is 7.81. The maximum atomic E-state index is 5.95. The minimum absolute atomic E-state index is 0.0513. The molecule has 0 spiro atoms. The van der Waals surface area contributed by atoms with Gasteiger partial charge in [0.1, 0.15) is 7.36 Å². The highest BCUT2D eigenvalue weighted by atomic mass is 32.1. The molecule has 31 heavy (non-hydrogen) atoms. The van der Waals surface area contributed by atoms with E-state index in [0.29, 0.717) is 5.11 Å². The van der Waals surface area contributed by atoms with Crippen molar-refractivity contribution in [1.29, 1.82) is 0 Å². The lowest BCUT2D eigenvalue weighted by atomic mass is 10.1. The largest absolute Gasteiger partial charge is 0.331 e. The van der Waals surface area contributed by atoms with E-state index >= 15 is 0 Å². The van der Waals surface area contributed by atoms with Crippen LogP contribution in [-0.4, -0.2) is 45.8 Å². The molecule has 6 heteroatoms. The van der Waals surface area contributed by atoms with Crippen molar-refractivity contribution in [1.82, 2.24) is 9.34 Å². The monoisotopic (exact) mass is 462 g/mol. The third kappa shape index (κ3) is 5.99. The fourth-order valence-corrected chi connectivity index (χ4v) is 10.2. The summed E-state index contributed by atoms with van der Waals surface area (Å²) in [6, 6.07) is 6.50. The highest BCUT2D eigenvalue weighted by Crippen LogP contribution is 2.66. The van der Waals surface area contributed by atoms with Gasteiger partial charge in [0, 0.05) is 37.0 Å². The van der Waals surface area contributed by atoms with Gasteiger partial charge in [-0.25, -0.2) is 4.74 Å². The maximum Gasteiger partial charge on any atom is 0.198 e. The van der Waals surface area contributed by atoms with Crippen molar-refractivity contribution in [2.45, 2.75) is 91.1 Å². The second kappa shape index (κ2) is 10.9. The van der Waals surface area contributed by atoms with Gasteiger partial charge in [0.25, 0.3) is 0 Å². The van der Waals surface area contributed by atoms with Crippen LogP contribution in [-0.2, 0) is 0 Å². The van der Waals surface area contributed by atoms with E-state index in [-0.39, 0.29) is 5.16 Å². The zero-order valence-electron chi connectivity index (χ0n) is 20.4. The van der Waals surface area contributed by atoms with Crippen LogP contribution >= 0.6 is 19.6 Å². The van der Waals surface area contributed by atoms with Crippen LogP contribution in [0, 0.1) is 13.8 Å². The van der Waals surface area contributed by atoms with Crippen LogP contribution in [0.5, 0.6) is 0 Å². The van der Waals surface area contributed by atoms with E-state index in [1.807, 2.05) is 0 Å². The van der Waals surface area contributed by atoms with Gasteiger partial charge in [-0.15, -0.1) is 0 Å². The van der Waals surface area contributed by atoms with Crippen molar-refractivity contribution in [3.05, 3.63) is 29.3 Å². The van der Waals surface area contributed by atoms with Crippen LogP contribution < -0.4 is 5.32 Å². The first kappa shape index (κ1) is 24.9. The van der Waals surface area contributed by atoms with E-state index in [0.717, 1.165) is 31.9 Å². The molecule has 2 saturated heterocycles. The molecule has 3 rings (SSSR count). The second-order valence-corrected chi connectivity index (χ2v) is 14.5. The summed E-state index contributed by atoms with van der Waals surface area (Å²) in [7, 11) is -2.02. The molecule has 0 aliphatic carbocycles. The predicted molar refractivity (Wildman–Crippen MR) is 141 cm³/mol. The van der Waals surface area contributed by atoms with Gasteiger partial charge in [-0.05, 0) is 63.4 Å². The van der Waals surface area contributed by atoms with Gasteiger partial charge in [-0.2, -0.15) is 0 Å². The molecular formula is C25H43N4PS. The maximum absolute atomic E-state index is 5.95. The van der Waals surface area contributed by atoms with Crippen LogP contribution in [0.25, 0.3) is 0 Å². The Morgan fingerprint density at radius 1 is 0.871 bits per heavy atom. The van der Waals surface area contributed by atoms with E-state index < -0.39 is 7.36 Å². The number of rotatable bonds is 3. The molecule has 174 valence electrons. The summed E-state index contributed by atoms with van der Waals surface area (Å²) < 4.78 is 11.1. The molecule has 0 saturated carbocycles. The topological polar surface area (TPSA) is 30.9 Å². The Bertz CT molecular complexity index is 774. The van der Waals surface area contributed by atoms with Gasteiger partial charge in [0.05, 0.1) is 0 Å². The average molecular weight is 463 g/mol. The Kier molecular flexibility index (Phi) is 8.77. The summed E-state index contributed by atoms with van der Waals surface area (Å²) in [6.45, 7) is 16.1. The molecule has 2 aliphatic heterocycles. The summed E-state index contributed by atoms with van der Waals surface area (Å²) in [5.41, 5.74) is 3.58. The van der Waals surface area contributed by atoms with Crippen LogP contribution in [0.4, 0.5) is 5.69 Å². The Morgan fingerprint density at radius 3 is 1.77 bits per heavy atom. The number of thiocarbonyl (C=S) groups is 1. The molecule has 0 aromatic heterocycles. The van der Waals surface area contributed by atoms with Crippen LogP contribution in [0.15, 0.2) is 22.9 Å². The Morgan fingerprint density at radius 2 is 1.35 bits per heavy atom. The number of aryl methyl sites for hydroxylation is 2. The molecule has 1 aromatic carbocycles. The fourth-order valence-electron chi connectivity index (χ4n) is 5.19. The first-order chi connectivity index (χ1) is 14.7. The molecule has 2 fully saturated rings. The molecular weight excluding hydrogens is 419 g/mol. The molecule has 2 aliphatic rings. The smallest absolute Gasteiger partial charge is 0.198 e. The molecule has 1 aromatic rings. The summed E-state index contributed by atoms with van der Waals surface area (Å²) in [6.07, 6.45) is 10.5. The van der Waals surface area contributed by atoms with E-state index in [4.69, 9.17) is 17.0 Å². The molecule has 0 atom stereocenters. The van der Waals surface area contributed by atoms with Crippen molar-refractivity contribution >= 4 is 30.4 Å². The minimum atomic E-state index is -2.02. The lowest BCUT2D eigenvalue weighted by molar-refractivity contribution is 0.368. The summed E-state index contributed by atoms with van der Waals surface area (Å²) in [4.78, 5) is 0. The van der Waals surface area contributed by atoms with E-state index in [2.05, 4.69) is 67.5 Å². The lowest BCUT2D eigenvalue weighted by Crippen LogP contribution is -2.42. The predicted octanol–water partition coefficient (Wildman–Crippen LogP) is 7.58. The van der Waals surface area contributed by atoms with Gasteiger partial charge in [-0.1, -0.05) is 64.2 Å². The molecule has 1 N–H and O–H groups in total. The van der Waals surface area contributed by atoms with Gasteiger partial charge in [0.2, 0.25) is 0 Å². The first-order valence-electron chi connectivity index (χ1n) is 12.3. The van der Waals surface area contributed by atoms with E-state index in [9.17, 15) is 0 Å². The highest BCUT2D eigenvalue weighted by Gasteiger charge is 2.44. The standard InChI is InChI=1S/C25H43N4PS/c1-21-14-15-23(22(2)20-21)26-24(31)27-30(25(3,4)5,28-16-10-6-7-11-17-28)29-18-12-8-9-13-19-29/h14-15,20H,6-13,16-19H2,1-5H3,(H,26,31). The Balaban J connectivity index is 2.06. The summed E-state index contributed by atoms with van der Waals surface area (Å²) >= 11 is 5.95. The van der Waals surface area contributed by atoms with Gasteiger partial charge >= 0.3 is 0 Å². The number of benzene rings is 1. The SMILES string of the molecule is Cc1ccc(NC(=S)N=P(N2CCCCCC2)(N2CCCCCC2)C(C)(C)C)c(C)c1. The molecule has 0 radical (unpaired) electrons. The first-order valence-corrected chi connectivity index (χ1v) is 14.3. The summed E-state index contributed by atoms with van der Waals surface area (Å²) in [5.74, 6) is 0. The third-order valence-electron chi connectivity index (χ3n) is 6.71. The number of nitrogens with one attached hydrogen (secondary N) is 1. The number of anilines is 1. The quantitative estimate of drug-likeness (QED) is 0.370. The summed E-state index contributed by atoms with van der Waals surface area (Å²) in [5, 5.41) is 4.22. The van der Waals surface area contributed by atoms with Crippen LogP contribution in [0.3, 0.4) is 0 Å². The number of hydrogen-bond donors (Lipinski definition) is 1. The van der Waals surface area contributed by atoms with Crippen molar-refractivity contribution in [3.8, 4) is 0 Å². The van der Waals surface area contributed by atoms with Crippen molar-refractivity contribution in [2.75, 3.05) is 31.5 Å². The van der Waals surface area contributed by atoms with Gasteiger partial charge in [0.15, 0.2) is 5.11 Å². The Hall–Kier alpha value is -0.740. The minimum Gasteiger partial charge on any atom is -0.331 e. The van der Waals surface area contributed by atoms with Gasteiger partial charge in [-0.3, -0.25) is 9.34 Å². The van der Waals surface area contributed by atoms with E-state index in [1.54, 1.807) is 0 Å². The van der Waals surface area contributed by atoms with Crippen LogP contribution in [0.2, 0.25) is 0 Å². The number of nitrogens with zero attached hydrogens (tertiary/aromatic N) is 3. The van der Waals surface area contributed by atoms with Gasteiger partial charge < -0.3 is 5.32 Å². The molecule has 0 amide bonds. The van der Waals surface area contributed by atoms with Crippen molar-refractivity contribution < 1.29 is 0 Å². The zero-order valence-corrected chi connectivity index (χ0v) is 22.1. The lowest BCUT2D eigenvalue weighted by Gasteiger charge is -2.50.